The lowest BCUT2D eigenvalue weighted by molar-refractivity contribution is -0.0781. The molecule has 0 saturated carbocycles. The first kappa shape index (κ1) is 13.5. The van der Waals surface area contributed by atoms with Crippen LogP contribution in [-0.4, -0.2) is 44.3 Å². The van der Waals surface area contributed by atoms with Crippen LogP contribution in [0.15, 0.2) is 30.3 Å². The molecule has 4 nitrogen and oxygen atoms in total. The minimum Gasteiger partial charge on any atom is -0.396 e. The van der Waals surface area contributed by atoms with Gasteiger partial charge in [-0.05, 0) is 18.5 Å². The van der Waals surface area contributed by atoms with E-state index in [0.717, 1.165) is 18.5 Å². The van der Waals surface area contributed by atoms with Crippen LogP contribution in [0.25, 0.3) is 0 Å². The van der Waals surface area contributed by atoms with Crippen molar-refractivity contribution in [3.8, 4) is 0 Å². The highest BCUT2D eigenvalue weighted by Gasteiger charge is 2.34. The van der Waals surface area contributed by atoms with E-state index < -0.39 is 0 Å². The molecule has 0 amide bonds. The predicted octanol–water partition coefficient (Wildman–Crippen LogP) is 1.11. The van der Waals surface area contributed by atoms with Crippen LogP contribution in [0.1, 0.15) is 17.9 Å². The summed E-state index contributed by atoms with van der Waals surface area (Å²) in [5.41, 5.74) is 1.14. The van der Waals surface area contributed by atoms with Crippen molar-refractivity contribution < 1.29 is 14.6 Å². The smallest absolute Gasteiger partial charge is 0.146 e. The van der Waals surface area contributed by atoms with Crippen molar-refractivity contribution in [2.45, 2.75) is 24.5 Å². The minimum atomic E-state index is 0.0653. The molecule has 2 rings (SSSR count). The summed E-state index contributed by atoms with van der Waals surface area (Å²) < 4.78 is 10.6. The minimum absolute atomic E-state index is 0.0653. The Hall–Kier alpha value is -0.940. The SMILES string of the molecule is COCOC1CCNC1C(CO)c1ccccc1. The summed E-state index contributed by atoms with van der Waals surface area (Å²) in [5, 5.41) is 13.1. The van der Waals surface area contributed by atoms with Crippen LogP contribution in [0.2, 0.25) is 0 Å². The average molecular weight is 251 g/mol. The number of benzene rings is 1. The zero-order chi connectivity index (χ0) is 12.8. The second kappa shape index (κ2) is 6.85. The van der Waals surface area contributed by atoms with Gasteiger partial charge in [0.05, 0.1) is 12.7 Å². The quantitative estimate of drug-likeness (QED) is 0.744. The van der Waals surface area contributed by atoms with Crippen molar-refractivity contribution in [2.75, 3.05) is 27.1 Å². The Kier molecular flexibility index (Phi) is 5.13. The van der Waals surface area contributed by atoms with Gasteiger partial charge in [-0.2, -0.15) is 0 Å². The standard InChI is InChI=1S/C14H21NO3/c1-17-10-18-13-7-8-15-14(13)12(9-16)11-5-3-2-4-6-11/h2-6,12-16H,7-10H2,1H3. The van der Waals surface area contributed by atoms with Crippen molar-refractivity contribution >= 4 is 0 Å². The van der Waals surface area contributed by atoms with E-state index in [4.69, 9.17) is 9.47 Å². The molecule has 0 aromatic heterocycles. The molecule has 1 aliphatic rings. The van der Waals surface area contributed by atoms with E-state index in [9.17, 15) is 5.11 Å². The van der Waals surface area contributed by atoms with Crippen LogP contribution in [0.3, 0.4) is 0 Å². The van der Waals surface area contributed by atoms with Crippen molar-refractivity contribution in [3.63, 3.8) is 0 Å². The molecule has 1 fully saturated rings. The molecular formula is C14H21NO3. The van der Waals surface area contributed by atoms with Gasteiger partial charge in [-0.3, -0.25) is 0 Å². The van der Waals surface area contributed by atoms with Gasteiger partial charge >= 0.3 is 0 Å². The molecule has 0 aliphatic carbocycles. The number of rotatable bonds is 6. The van der Waals surface area contributed by atoms with E-state index in [1.807, 2.05) is 30.3 Å². The normalized spacial score (nSPS) is 25.2. The maximum atomic E-state index is 9.66. The van der Waals surface area contributed by atoms with E-state index in [1.54, 1.807) is 7.11 Å². The topological polar surface area (TPSA) is 50.7 Å². The number of hydrogen-bond donors (Lipinski definition) is 2. The number of aliphatic hydroxyl groups excluding tert-OH is 1. The van der Waals surface area contributed by atoms with Gasteiger partial charge in [0.25, 0.3) is 0 Å². The zero-order valence-electron chi connectivity index (χ0n) is 10.7. The van der Waals surface area contributed by atoms with Crippen LogP contribution in [-0.2, 0) is 9.47 Å². The maximum absolute atomic E-state index is 9.66. The van der Waals surface area contributed by atoms with Gasteiger partial charge in [0, 0.05) is 19.1 Å². The summed E-state index contributed by atoms with van der Waals surface area (Å²) in [6.45, 7) is 1.34. The fourth-order valence-electron chi connectivity index (χ4n) is 2.57. The Morgan fingerprint density at radius 2 is 2.17 bits per heavy atom. The highest BCUT2D eigenvalue weighted by Crippen LogP contribution is 2.27. The van der Waals surface area contributed by atoms with Crippen LogP contribution < -0.4 is 5.32 Å². The second-order valence-corrected chi connectivity index (χ2v) is 4.58. The van der Waals surface area contributed by atoms with Crippen molar-refractivity contribution in [3.05, 3.63) is 35.9 Å². The number of hydrogen-bond acceptors (Lipinski definition) is 4. The summed E-state index contributed by atoms with van der Waals surface area (Å²) in [7, 11) is 1.62. The van der Waals surface area contributed by atoms with Gasteiger partial charge in [-0.1, -0.05) is 30.3 Å². The third kappa shape index (κ3) is 3.09. The van der Waals surface area contributed by atoms with Crippen molar-refractivity contribution in [1.82, 2.24) is 5.32 Å². The summed E-state index contributed by atoms with van der Waals surface area (Å²) in [6, 6.07) is 10.2. The lowest BCUT2D eigenvalue weighted by Crippen LogP contribution is -2.39. The van der Waals surface area contributed by atoms with Gasteiger partial charge in [-0.25, -0.2) is 0 Å². The third-order valence-corrected chi connectivity index (χ3v) is 3.47. The molecule has 2 N–H and O–H groups in total. The first-order valence-electron chi connectivity index (χ1n) is 6.36. The van der Waals surface area contributed by atoms with E-state index in [0.29, 0.717) is 6.79 Å². The summed E-state index contributed by atoms with van der Waals surface area (Å²) in [5.74, 6) is 0.0653. The Balaban J connectivity index is 2.07. The monoisotopic (exact) mass is 251 g/mol. The van der Waals surface area contributed by atoms with Gasteiger partial charge in [-0.15, -0.1) is 0 Å². The predicted molar refractivity (Wildman–Crippen MR) is 69.4 cm³/mol. The van der Waals surface area contributed by atoms with Gasteiger partial charge in [0.15, 0.2) is 0 Å². The maximum Gasteiger partial charge on any atom is 0.146 e. The Morgan fingerprint density at radius 1 is 1.39 bits per heavy atom. The summed E-state index contributed by atoms with van der Waals surface area (Å²) in [4.78, 5) is 0. The fourth-order valence-corrected chi connectivity index (χ4v) is 2.57. The molecule has 1 saturated heterocycles. The largest absolute Gasteiger partial charge is 0.396 e. The summed E-state index contributed by atoms with van der Waals surface area (Å²) >= 11 is 0. The molecule has 3 atom stereocenters. The Bertz CT molecular complexity index is 344. The number of nitrogens with one attached hydrogen (secondary N) is 1. The van der Waals surface area contributed by atoms with Crippen molar-refractivity contribution in [2.24, 2.45) is 0 Å². The number of ether oxygens (including phenoxy) is 2. The van der Waals surface area contributed by atoms with Gasteiger partial charge < -0.3 is 19.9 Å². The van der Waals surface area contributed by atoms with Crippen LogP contribution in [0.5, 0.6) is 0 Å². The lowest BCUT2D eigenvalue weighted by Gasteiger charge is -2.27. The second-order valence-electron chi connectivity index (χ2n) is 4.58. The molecule has 0 spiro atoms. The van der Waals surface area contributed by atoms with Crippen LogP contribution in [0, 0.1) is 0 Å². The number of aliphatic hydroxyl groups is 1. The first-order chi connectivity index (χ1) is 8.86. The lowest BCUT2D eigenvalue weighted by atomic mass is 9.90. The molecule has 0 radical (unpaired) electrons. The van der Waals surface area contributed by atoms with Gasteiger partial charge in [0.2, 0.25) is 0 Å². The first-order valence-corrected chi connectivity index (χ1v) is 6.36. The summed E-state index contributed by atoms with van der Waals surface area (Å²) in [6.07, 6.45) is 1.06. The fraction of sp³-hybridized carbons (Fsp3) is 0.571. The molecular weight excluding hydrogens is 230 g/mol. The molecule has 0 bridgehead atoms. The van der Waals surface area contributed by atoms with E-state index in [1.165, 1.54) is 0 Å². The van der Waals surface area contributed by atoms with E-state index in [2.05, 4.69) is 5.32 Å². The molecule has 4 heteroatoms. The molecule has 1 aromatic carbocycles. The van der Waals surface area contributed by atoms with Gasteiger partial charge in [0.1, 0.15) is 6.79 Å². The molecule has 18 heavy (non-hydrogen) atoms. The highest BCUT2D eigenvalue weighted by molar-refractivity contribution is 5.22. The van der Waals surface area contributed by atoms with Crippen LogP contribution in [0.4, 0.5) is 0 Å². The highest BCUT2D eigenvalue weighted by atomic mass is 16.7. The Morgan fingerprint density at radius 3 is 2.83 bits per heavy atom. The molecule has 3 unspecified atom stereocenters. The van der Waals surface area contributed by atoms with Crippen LogP contribution >= 0.6 is 0 Å². The zero-order valence-corrected chi connectivity index (χ0v) is 10.7. The number of methoxy groups -OCH3 is 1. The van der Waals surface area contributed by atoms with E-state index in [-0.39, 0.29) is 24.7 Å². The third-order valence-electron chi connectivity index (χ3n) is 3.47. The van der Waals surface area contributed by atoms with Crippen molar-refractivity contribution in [1.29, 1.82) is 0 Å². The Labute approximate surface area is 108 Å². The molecule has 1 heterocycles. The average Bonchev–Trinajstić information content (AvgIpc) is 2.87. The molecule has 1 aromatic rings. The molecule has 1 aliphatic heterocycles. The molecule has 100 valence electrons. The van der Waals surface area contributed by atoms with E-state index >= 15 is 0 Å².